The Morgan fingerprint density at radius 2 is 2.27 bits per heavy atom. The zero-order valence-electron chi connectivity index (χ0n) is 8.00. The van der Waals surface area contributed by atoms with E-state index in [0.29, 0.717) is 4.47 Å². The van der Waals surface area contributed by atoms with Crippen LogP contribution in [0.3, 0.4) is 0 Å². The summed E-state index contributed by atoms with van der Waals surface area (Å²) in [5.74, 6) is -0.510. The minimum atomic E-state index is -3.04. The molecule has 0 amide bonds. The summed E-state index contributed by atoms with van der Waals surface area (Å²) in [5.41, 5.74) is 0. The lowest BCUT2D eigenvalue weighted by Crippen LogP contribution is -2.15. The number of hydrogen-bond acceptors (Lipinski definition) is 4. The van der Waals surface area contributed by atoms with Crippen LogP contribution in [0.2, 0.25) is 0 Å². The normalized spacial score (nSPS) is 11.4. The maximum Gasteiger partial charge on any atom is 0.166 e. The Morgan fingerprint density at radius 3 is 2.80 bits per heavy atom. The van der Waals surface area contributed by atoms with E-state index in [1.165, 1.54) is 12.3 Å². The van der Waals surface area contributed by atoms with Gasteiger partial charge in [0, 0.05) is 23.5 Å². The summed E-state index contributed by atoms with van der Waals surface area (Å²) in [6, 6.07) is 1.26. The fourth-order valence-electron chi connectivity index (χ4n) is 0.899. The van der Waals surface area contributed by atoms with Crippen LogP contribution in [-0.2, 0) is 9.84 Å². The minimum absolute atomic E-state index is 0.0514. The molecule has 1 N–H and O–H groups in total. The van der Waals surface area contributed by atoms with E-state index < -0.39 is 15.7 Å². The lowest BCUT2D eigenvalue weighted by Gasteiger charge is -2.05. The van der Waals surface area contributed by atoms with Gasteiger partial charge in [-0.25, -0.2) is 17.8 Å². The van der Waals surface area contributed by atoms with Gasteiger partial charge >= 0.3 is 0 Å². The van der Waals surface area contributed by atoms with Crippen LogP contribution >= 0.6 is 15.9 Å². The average molecular weight is 297 g/mol. The second-order valence-corrected chi connectivity index (χ2v) is 6.22. The summed E-state index contributed by atoms with van der Waals surface area (Å²) in [4.78, 5) is 3.77. The van der Waals surface area contributed by atoms with Crippen molar-refractivity contribution in [2.45, 2.75) is 0 Å². The molecule has 0 atom stereocenters. The first kappa shape index (κ1) is 12.4. The molecule has 0 aliphatic rings. The fraction of sp³-hybridized carbons (Fsp3) is 0.375. The number of halogens is 2. The van der Waals surface area contributed by atoms with Crippen LogP contribution in [-0.4, -0.2) is 32.0 Å². The van der Waals surface area contributed by atoms with Gasteiger partial charge in [0.1, 0.15) is 9.84 Å². The highest BCUT2D eigenvalue weighted by Crippen LogP contribution is 2.15. The highest BCUT2D eigenvalue weighted by molar-refractivity contribution is 9.10. The van der Waals surface area contributed by atoms with E-state index in [1.807, 2.05) is 0 Å². The predicted octanol–water partition coefficient (Wildman–Crippen LogP) is 1.44. The Hall–Kier alpha value is -0.690. The van der Waals surface area contributed by atoms with Crippen molar-refractivity contribution in [2.75, 3.05) is 23.9 Å². The molecule has 0 fully saturated rings. The lowest BCUT2D eigenvalue weighted by atomic mass is 10.4. The molecule has 0 aromatic carbocycles. The number of anilines is 1. The molecule has 0 saturated heterocycles. The van der Waals surface area contributed by atoms with Crippen molar-refractivity contribution in [1.29, 1.82) is 0 Å². The van der Waals surface area contributed by atoms with Gasteiger partial charge < -0.3 is 5.32 Å². The van der Waals surface area contributed by atoms with E-state index in [4.69, 9.17) is 0 Å². The molecule has 0 aliphatic carbocycles. The van der Waals surface area contributed by atoms with Gasteiger partial charge in [-0.1, -0.05) is 0 Å². The van der Waals surface area contributed by atoms with Gasteiger partial charge in [0.05, 0.1) is 5.75 Å². The second kappa shape index (κ2) is 4.89. The van der Waals surface area contributed by atoms with E-state index in [9.17, 15) is 12.8 Å². The molecule has 15 heavy (non-hydrogen) atoms. The smallest absolute Gasteiger partial charge is 0.166 e. The number of aromatic nitrogens is 1. The number of nitrogens with one attached hydrogen (secondary N) is 1. The van der Waals surface area contributed by atoms with Crippen LogP contribution in [0.4, 0.5) is 10.2 Å². The minimum Gasteiger partial charge on any atom is -0.367 e. The third kappa shape index (κ3) is 4.57. The Labute approximate surface area is 96.0 Å². The van der Waals surface area contributed by atoms with E-state index in [1.54, 1.807) is 0 Å². The highest BCUT2D eigenvalue weighted by atomic mass is 79.9. The summed E-state index contributed by atoms with van der Waals surface area (Å²) < 4.78 is 35.3. The molecule has 1 heterocycles. The van der Waals surface area contributed by atoms with Gasteiger partial charge in [0.25, 0.3) is 0 Å². The quantitative estimate of drug-likeness (QED) is 0.913. The number of nitrogens with zero attached hydrogens (tertiary/aromatic N) is 1. The van der Waals surface area contributed by atoms with Gasteiger partial charge in [-0.2, -0.15) is 0 Å². The molecule has 0 saturated carbocycles. The van der Waals surface area contributed by atoms with Crippen molar-refractivity contribution in [3.63, 3.8) is 0 Å². The van der Waals surface area contributed by atoms with Crippen LogP contribution in [0, 0.1) is 5.82 Å². The summed E-state index contributed by atoms with van der Waals surface area (Å²) in [7, 11) is -3.04. The van der Waals surface area contributed by atoms with Gasteiger partial charge in [-0.3, -0.25) is 0 Å². The van der Waals surface area contributed by atoms with Gasteiger partial charge in [-0.15, -0.1) is 0 Å². The molecule has 7 heteroatoms. The third-order valence-corrected chi connectivity index (χ3v) is 2.95. The topological polar surface area (TPSA) is 59.1 Å². The van der Waals surface area contributed by atoms with Crippen LogP contribution in [0.5, 0.6) is 0 Å². The maximum atomic E-state index is 13.2. The van der Waals surface area contributed by atoms with Crippen LogP contribution in [0.15, 0.2) is 16.7 Å². The lowest BCUT2D eigenvalue weighted by molar-refractivity contribution is 0.601. The predicted molar refractivity (Wildman–Crippen MR) is 60.1 cm³/mol. The van der Waals surface area contributed by atoms with Crippen LogP contribution < -0.4 is 5.32 Å². The second-order valence-electron chi connectivity index (χ2n) is 3.04. The standard InChI is InChI=1S/C8H10BrFN2O2S/c1-15(13,14)3-2-11-8-7(10)4-6(9)5-12-8/h4-5H,2-3H2,1H3,(H,11,12). The summed E-state index contributed by atoms with van der Waals surface area (Å²) in [6.07, 6.45) is 2.56. The molecule has 0 unspecified atom stereocenters. The molecule has 0 bridgehead atoms. The summed E-state index contributed by atoms with van der Waals surface area (Å²) in [6.45, 7) is 0.143. The highest BCUT2D eigenvalue weighted by Gasteiger charge is 2.05. The number of sulfone groups is 1. The first-order valence-corrected chi connectivity index (χ1v) is 6.96. The molecule has 4 nitrogen and oxygen atoms in total. The Kier molecular flexibility index (Phi) is 4.04. The van der Waals surface area contributed by atoms with Crippen molar-refractivity contribution in [3.8, 4) is 0 Å². The van der Waals surface area contributed by atoms with E-state index in [2.05, 4.69) is 26.2 Å². The zero-order valence-corrected chi connectivity index (χ0v) is 10.4. The van der Waals surface area contributed by atoms with Gasteiger partial charge in [0.15, 0.2) is 11.6 Å². The van der Waals surface area contributed by atoms with E-state index in [0.717, 1.165) is 6.26 Å². The largest absolute Gasteiger partial charge is 0.367 e. The molecule has 1 aromatic rings. The van der Waals surface area contributed by atoms with Gasteiger partial charge in [-0.05, 0) is 22.0 Å². The number of rotatable bonds is 4. The molecule has 1 rings (SSSR count). The molecular formula is C8H10BrFN2O2S. The zero-order chi connectivity index (χ0) is 11.5. The Bertz CT molecular complexity index is 450. The van der Waals surface area contributed by atoms with Crippen molar-refractivity contribution < 1.29 is 12.8 Å². The average Bonchev–Trinajstić information content (AvgIpc) is 2.07. The molecular weight excluding hydrogens is 287 g/mol. The molecule has 84 valence electrons. The van der Waals surface area contributed by atoms with E-state index in [-0.39, 0.29) is 18.1 Å². The van der Waals surface area contributed by atoms with Crippen molar-refractivity contribution >= 4 is 31.6 Å². The monoisotopic (exact) mass is 296 g/mol. The molecule has 1 aromatic heterocycles. The number of hydrogen-bond donors (Lipinski definition) is 1. The Balaban J connectivity index is 2.59. The summed E-state index contributed by atoms with van der Waals surface area (Å²) in [5, 5.41) is 2.61. The van der Waals surface area contributed by atoms with Crippen molar-refractivity contribution in [2.24, 2.45) is 0 Å². The first-order chi connectivity index (χ1) is 6.88. The SMILES string of the molecule is CS(=O)(=O)CCNc1ncc(Br)cc1F. The van der Waals surface area contributed by atoms with Crippen LogP contribution in [0.25, 0.3) is 0 Å². The molecule has 0 spiro atoms. The van der Waals surface area contributed by atoms with Gasteiger partial charge in [0.2, 0.25) is 0 Å². The molecule has 0 radical (unpaired) electrons. The Morgan fingerprint density at radius 1 is 1.60 bits per heavy atom. The van der Waals surface area contributed by atoms with E-state index >= 15 is 0 Å². The van der Waals surface area contributed by atoms with Crippen LogP contribution in [0.1, 0.15) is 0 Å². The number of pyridine rings is 1. The fourth-order valence-corrected chi connectivity index (χ4v) is 1.68. The molecule has 0 aliphatic heterocycles. The van der Waals surface area contributed by atoms with Crippen molar-refractivity contribution in [3.05, 3.63) is 22.6 Å². The summed E-state index contributed by atoms with van der Waals surface area (Å²) >= 11 is 3.07. The third-order valence-electron chi connectivity index (χ3n) is 1.57. The first-order valence-electron chi connectivity index (χ1n) is 4.11. The maximum absolute atomic E-state index is 13.2. The van der Waals surface area contributed by atoms with Crippen molar-refractivity contribution in [1.82, 2.24) is 4.98 Å².